The van der Waals surface area contributed by atoms with Gasteiger partial charge in [-0.25, -0.2) is 9.67 Å². The maximum Gasteiger partial charge on any atom is 0.137 e. The second-order valence-corrected chi connectivity index (χ2v) is 9.63. The molecule has 0 saturated heterocycles. The first-order valence-corrected chi connectivity index (χ1v) is 11.8. The van der Waals surface area contributed by atoms with Gasteiger partial charge in [-0.1, -0.05) is 42.3 Å². The fourth-order valence-electron chi connectivity index (χ4n) is 3.64. The summed E-state index contributed by atoms with van der Waals surface area (Å²) in [6.07, 6.45) is 4.60. The van der Waals surface area contributed by atoms with E-state index in [1.807, 2.05) is 31.2 Å². The zero-order chi connectivity index (χ0) is 22.2. The highest BCUT2D eigenvalue weighted by atomic mass is 35.5. The first kappa shape index (κ1) is 21.9. The van der Waals surface area contributed by atoms with Crippen LogP contribution in [0.5, 0.6) is 0 Å². The smallest absolute Gasteiger partial charge is 0.137 e. The van der Waals surface area contributed by atoms with Gasteiger partial charge >= 0.3 is 0 Å². The molecular weight excluding hydrogens is 455 g/mol. The molecule has 0 spiro atoms. The summed E-state index contributed by atoms with van der Waals surface area (Å²) in [5.41, 5.74) is 0.538. The normalized spacial score (nSPS) is 15.5. The van der Waals surface area contributed by atoms with E-state index in [2.05, 4.69) is 10.1 Å². The summed E-state index contributed by atoms with van der Waals surface area (Å²) in [4.78, 5) is 9.49. The summed E-state index contributed by atoms with van der Waals surface area (Å²) in [5.74, 6) is -0.445. The van der Waals surface area contributed by atoms with Crippen molar-refractivity contribution >= 4 is 44.9 Å². The van der Waals surface area contributed by atoms with Crippen LogP contribution in [-0.4, -0.2) is 35.3 Å². The lowest BCUT2D eigenvalue weighted by Crippen LogP contribution is -2.38. The fourth-order valence-corrected chi connectivity index (χ4v) is 4.77. The molecule has 0 radical (unpaired) electrons. The van der Waals surface area contributed by atoms with Gasteiger partial charge in [0.2, 0.25) is 0 Å². The number of pyridine rings is 1. The molecule has 2 aromatic carbocycles. The number of aliphatic hydroxyl groups is 1. The van der Waals surface area contributed by atoms with Crippen LogP contribution in [0.1, 0.15) is 24.1 Å². The third kappa shape index (κ3) is 4.36. The van der Waals surface area contributed by atoms with Crippen LogP contribution in [-0.2, 0) is 22.9 Å². The van der Waals surface area contributed by atoms with Crippen molar-refractivity contribution < 1.29 is 9.32 Å². The summed E-state index contributed by atoms with van der Waals surface area (Å²) in [7, 11) is -1.07. The Kier molecular flexibility index (Phi) is 6.12. The third-order valence-electron chi connectivity index (χ3n) is 5.44. The van der Waals surface area contributed by atoms with Crippen LogP contribution in [0.2, 0.25) is 10.0 Å². The Morgan fingerprint density at radius 3 is 2.65 bits per heavy atom. The molecule has 160 valence electrons. The summed E-state index contributed by atoms with van der Waals surface area (Å²) in [6, 6.07) is 14.3. The molecule has 0 saturated carbocycles. The van der Waals surface area contributed by atoms with E-state index < -0.39 is 22.3 Å². The van der Waals surface area contributed by atoms with E-state index in [-0.39, 0.29) is 6.54 Å². The van der Waals surface area contributed by atoms with Crippen LogP contribution in [0.25, 0.3) is 10.9 Å². The second-order valence-electron chi connectivity index (χ2n) is 7.41. The van der Waals surface area contributed by atoms with E-state index in [0.29, 0.717) is 21.3 Å². The minimum atomic E-state index is -1.43. The molecule has 0 fully saturated rings. The fraction of sp³-hybridized carbons (Fsp3) is 0.227. The van der Waals surface area contributed by atoms with E-state index in [1.54, 1.807) is 41.5 Å². The number of hydrogen-bond acceptors (Lipinski definition) is 5. The maximum absolute atomic E-state index is 11.9. The van der Waals surface area contributed by atoms with Gasteiger partial charge in [0.15, 0.2) is 0 Å². The molecule has 0 amide bonds. The second kappa shape index (κ2) is 8.67. The van der Waals surface area contributed by atoms with Crippen molar-refractivity contribution in [2.45, 2.75) is 29.9 Å². The van der Waals surface area contributed by atoms with Gasteiger partial charge in [-0.3, -0.25) is 9.19 Å². The molecule has 0 aliphatic heterocycles. The van der Waals surface area contributed by atoms with Crippen molar-refractivity contribution in [2.24, 2.45) is 0 Å². The molecule has 2 aromatic heterocycles. The monoisotopic (exact) mass is 474 g/mol. The molecule has 0 aliphatic carbocycles. The van der Waals surface area contributed by atoms with Gasteiger partial charge < -0.3 is 5.11 Å². The molecule has 6 nitrogen and oxygen atoms in total. The number of benzene rings is 2. The summed E-state index contributed by atoms with van der Waals surface area (Å²) in [6.45, 7) is 2.02. The van der Waals surface area contributed by atoms with Gasteiger partial charge in [0.1, 0.15) is 18.3 Å². The average molecular weight is 475 g/mol. The lowest BCUT2D eigenvalue weighted by Gasteiger charge is -2.35. The summed E-state index contributed by atoms with van der Waals surface area (Å²) < 4.78 is 13.3. The number of rotatable bonds is 6. The Labute approximate surface area is 192 Å². The molecule has 4 aromatic rings. The standard InChI is InChI=1S/C22H20Cl2N4O2S/c1-14(20-7-3-15-9-17(31(2)30)5-8-21(15)27-20)22(29,11-28-13-25-12-26-28)18-6-4-16(23)10-19(18)24/h3-10,12-14,29H,11H2,1-2H3. The quantitative estimate of drug-likeness (QED) is 0.442. The van der Waals surface area contributed by atoms with Gasteiger partial charge in [-0.05, 0) is 36.4 Å². The van der Waals surface area contributed by atoms with E-state index in [9.17, 15) is 9.32 Å². The Morgan fingerprint density at radius 2 is 1.97 bits per heavy atom. The Bertz CT molecular complexity index is 1270. The van der Waals surface area contributed by atoms with E-state index in [0.717, 1.165) is 15.8 Å². The first-order chi connectivity index (χ1) is 14.8. The Morgan fingerprint density at radius 1 is 1.16 bits per heavy atom. The van der Waals surface area contributed by atoms with Gasteiger partial charge in [-0.2, -0.15) is 5.10 Å². The van der Waals surface area contributed by atoms with Crippen LogP contribution in [0, 0.1) is 0 Å². The van der Waals surface area contributed by atoms with Crippen molar-refractivity contribution in [1.29, 1.82) is 0 Å². The number of fused-ring (bicyclic) bond motifs is 1. The molecule has 2 heterocycles. The predicted octanol–water partition coefficient (Wildman–Crippen LogP) is 4.56. The highest BCUT2D eigenvalue weighted by Gasteiger charge is 2.40. The maximum atomic E-state index is 11.9. The highest BCUT2D eigenvalue weighted by molar-refractivity contribution is 7.84. The topological polar surface area (TPSA) is 80.9 Å². The number of halogens is 2. The number of nitrogens with zero attached hydrogens (tertiary/aromatic N) is 4. The summed E-state index contributed by atoms with van der Waals surface area (Å²) >= 11 is 12.6. The molecular formula is C22H20Cl2N4O2S. The Balaban J connectivity index is 1.80. The van der Waals surface area contributed by atoms with Crippen molar-refractivity contribution in [3.05, 3.63) is 82.5 Å². The molecule has 0 bridgehead atoms. The van der Waals surface area contributed by atoms with Crippen molar-refractivity contribution in [3.63, 3.8) is 0 Å². The SMILES string of the molecule is CC(c1ccc2cc(S(C)=O)ccc2n1)C(O)(Cn1cncn1)c1ccc(Cl)cc1Cl. The molecule has 31 heavy (non-hydrogen) atoms. The van der Waals surface area contributed by atoms with E-state index in [4.69, 9.17) is 28.2 Å². The predicted molar refractivity (Wildman–Crippen MR) is 123 cm³/mol. The van der Waals surface area contributed by atoms with Crippen LogP contribution >= 0.6 is 23.2 Å². The van der Waals surface area contributed by atoms with Gasteiger partial charge in [0.25, 0.3) is 0 Å². The van der Waals surface area contributed by atoms with Gasteiger partial charge in [0.05, 0.1) is 12.1 Å². The molecule has 3 unspecified atom stereocenters. The molecule has 9 heteroatoms. The highest BCUT2D eigenvalue weighted by Crippen LogP contribution is 2.41. The molecule has 0 aliphatic rings. The average Bonchev–Trinajstić information content (AvgIpc) is 3.25. The molecule has 4 rings (SSSR count). The number of hydrogen-bond donors (Lipinski definition) is 1. The lowest BCUT2D eigenvalue weighted by molar-refractivity contribution is -0.00894. The van der Waals surface area contributed by atoms with Crippen molar-refractivity contribution in [3.8, 4) is 0 Å². The van der Waals surface area contributed by atoms with Crippen LogP contribution in [0.4, 0.5) is 0 Å². The van der Waals surface area contributed by atoms with Crippen LogP contribution in [0.15, 0.2) is 66.1 Å². The molecule has 3 atom stereocenters. The Hall–Kier alpha value is -2.32. The largest absolute Gasteiger partial charge is 0.382 e. The van der Waals surface area contributed by atoms with Crippen LogP contribution in [0.3, 0.4) is 0 Å². The van der Waals surface area contributed by atoms with Gasteiger partial charge in [0, 0.05) is 54.6 Å². The van der Waals surface area contributed by atoms with Gasteiger partial charge in [-0.15, -0.1) is 0 Å². The molecule has 1 N–H and O–H groups in total. The minimum absolute atomic E-state index is 0.128. The van der Waals surface area contributed by atoms with E-state index >= 15 is 0 Å². The third-order valence-corrected chi connectivity index (χ3v) is 6.91. The first-order valence-electron chi connectivity index (χ1n) is 9.52. The van der Waals surface area contributed by atoms with Crippen molar-refractivity contribution in [2.75, 3.05) is 6.26 Å². The zero-order valence-corrected chi connectivity index (χ0v) is 19.2. The van der Waals surface area contributed by atoms with E-state index in [1.165, 1.54) is 6.33 Å². The minimum Gasteiger partial charge on any atom is -0.382 e. The van der Waals surface area contributed by atoms with Crippen molar-refractivity contribution in [1.82, 2.24) is 19.7 Å². The summed E-state index contributed by atoms with van der Waals surface area (Å²) in [5, 5.41) is 17.8. The lowest BCUT2D eigenvalue weighted by atomic mass is 9.80. The zero-order valence-electron chi connectivity index (χ0n) is 16.9. The number of aromatic nitrogens is 4. The van der Waals surface area contributed by atoms with Crippen LogP contribution < -0.4 is 0 Å².